The highest BCUT2D eigenvalue weighted by atomic mass is 79.9. The van der Waals surface area contributed by atoms with Crippen molar-refractivity contribution in [3.63, 3.8) is 0 Å². The normalized spacial score (nSPS) is 9.29. The number of nitrogens with one attached hydrogen (secondary N) is 1. The van der Waals surface area contributed by atoms with Gasteiger partial charge in [0.15, 0.2) is 0 Å². The zero-order valence-corrected chi connectivity index (χ0v) is 12.7. The average Bonchev–Trinajstić information content (AvgIpc) is 2.26. The van der Waals surface area contributed by atoms with Crippen LogP contribution in [0.2, 0.25) is 0 Å². The molecule has 3 nitrogen and oxygen atoms in total. The number of hydrogen-bond donors (Lipinski definition) is 2. The van der Waals surface area contributed by atoms with Gasteiger partial charge in [0.2, 0.25) is 0 Å². The molecule has 0 aliphatic heterocycles. The molecule has 0 aromatic heterocycles. The van der Waals surface area contributed by atoms with E-state index in [-0.39, 0.29) is 24.8 Å². The van der Waals surface area contributed by atoms with E-state index < -0.39 is 0 Å². The van der Waals surface area contributed by atoms with Crippen LogP contribution in [0.25, 0.3) is 0 Å². The lowest BCUT2D eigenvalue weighted by molar-refractivity contribution is 0.123. The van der Waals surface area contributed by atoms with Gasteiger partial charge in [0.25, 0.3) is 0 Å². The number of benzene rings is 1. The lowest BCUT2D eigenvalue weighted by Crippen LogP contribution is -2.25. The first kappa shape index (κ1) is 19.5. The molecule has 0 heterocycles. The fourth-order valence-corrected chi connectivity index (χ4v) is 1.41. The van der Waals surface area contributed by atoms with Crippen LogP contribution in [0.1, 0.15) is 5.56 Å². The molecule has 0 fully saturated rings. The molecule has 1 aromatic rings. The molecule has 1 aromatic carbocycles. The Morgan fingerprint density at radius 1 is 1.12 bits per heavy atom. The van der Waals surface area contributed by atoms with E-state index in [1.165, 1.54) is 5.56 Å². The highest BCUT2D eigenvalue weighted by Gasteiger charge is 1.93. The Balaban J connectivity index is 0. The second-order valence-electron chi connectivity index (χ2n) is 3.22. The Hall–Kier alpha value is 0.160. The van der Waals surface area contributed by atoms with Crippen molar-refractivity contribution < 1.29 is 4.74 Å². The minimum absolute atomic E-state index is 0. The Kier molecular flexibility index (Phi) is 14.5. The summed E-state index contributed by atoms with van der Waals surface area (Å²) in [7, 11) is 0. The molecule has 0 amide bonds. The van der Waals surface area contributed by atoms with Gasteiger partial charge in [0.05, 0.1) is 13.2 Å². The smallest absolute Gasteiger partial charge is 0.0717 e. The zero-order valence-electron chi connectivity index (χ0n) is 9.52. The Morgan fingerprint density at radius 2 is 1.76 bits per heavy atom. The largest absolute Gasteiger partial charge is 0.375 e. The van der Waals surface area contributed by atoms with Crippen LogP contribution in [0.3, 0.4) is 0 Å². The fraction of sp³-hybridized carbons (Fsp3) is 0.455. The van der Waals surface area contributed by atoms with Crippen molar-refractivity contribution in [1.29, 1.82) is 0 Å². The van der Waals surface area contributed by atoms with Crippen molar-refractivity contribution in [1.82, 2.24) is 5.32 Å². The van der Waals surface area contributed by atoms with E-state index >= 15 is 0 Å². The summed E-state index contributed by atoms with van der Waals surface area (Å²) in [6.45, 7) is 3.76. The standard InChI is InChI=1S/C11H17BrN2O.2ClH/c12-11-3-1-10(2-4-11)9-15-8-7-14-6-5-13;;/h1-4,14H,5-9,13H2;2*1H. The lowest BCUT2D eigenvalue weighted by Gasteiger charge is -2.05. The topological polar surface area (TPSA) is 47.3 Å². The molecular weight excluding hydrogens is 327 g/mol. The van der Waals surface area contributed by atoms with Gasteiger partial charge in [-0.05, 0) is 17.7 Å². The quantitative estimate of drug-likeness (QED) is 0.746. The monoisotopic (exact) mass is 344 g/mol. The molecule has 0 unspecified atom stereocenters. The molecule has 0 aliphatic carbocycles. The van der Waals surface area contributed by atoms with Crippen molar-refractivity contribution in [2.24, 2.45) is 5.73 Å². The molecule has 0 spiro atoms. The predicted molar refractivity (Wildman–Crippen MR) is 80.2 cm³/mol. The summed E-state index contributed by atoms with van der Waals surface area (Å²) in [5, 5.41) is 3.17. The average molecular weight is 346 g/mol. The van der Waals surface area contributed by atoms with Crippen molar-refractivity contribution in [3.8, 4) is 0 Å². The minimum Gasteiger partial charge on any atom is -0.375 e. The van der Waals surface area contributed by atoms with Gasteiger partial charge in [-0.25, -0.2) is 0 Å². The SMILES string of the molecule is Cl.Cl.NCCNCCOCc1ccc(Br)cc1. The van der Waals surface area contributed by atoms with Crippen molar-refractivity contribution in [2.45, 2.75) is 6.61 Å². The predicted octanol–water partition coefficient (Wildman–Crippen LogP) is 2.36. The summed E-state index contributed by atoms with van der Waals surface area (Å²) in [5.41, 5.74) is 6.53. The lowest BCUT2D eigenvalue weighted by atomic mass is 10.2. The van der Waals surface area contributed by atoms with Crippen molar-refractivity contribution >= 4 is 40.7 Å². The van der Waals surface area contributed by atoms with Gasteiger partial charge in [-0.3, -0.25) is 0 Å². The van der Waals surface area contributed by atoms with Crippen LogP contribution < -0.4 is 11.1 Å². The molecule has 0 aliphatic rings. The molecule has 0 saturated carbocycles. The third-order valence-electron chi connectivity index (χ3n) is 1.93. The summed E-state index contributed by atoms with van der Waals surface area (Å²) < 4.78 is 6.58. The Bertz CT molecular complexity index is 273. The molecular formula is C11H19BrCl2N2O. The number of ether oxygens (including phenoxy) is 1. The highest BCUT2D eigenvalue weighted by molar-refractivity contribution is 9.10. The van der Waals surface area contributed by atoms with E-state index in [0.717, 1.165) is 24.2 Å². The van der Waals surface area contributed by atoms with Crippen molar-refractivity contribution in [3.05, 3.63) is 34.3 Å². The Labute approximate surface area is 123 Å². The third kappa shape index (κ3) is 9.83. The highest BCUT2D eigenvalue weighted by Crippen LogP contribution is 2.10. The van der Waals surface area contributed by atoms with E-state index in [1.54, 1.807) is 0 Å². The molecule has 3 N–H and O–H groups in total. The van der Waals surface area contributed by atoms with Crippen LogP contribution >= 0.6 is 40.7 Å². The number of halogens is 3. The summed E-state index contributed by atoms with van der Waals surface area (Å²) >= 11 is 3.39. The maximum absolute atomic E-state index is 5.49. The number of rotatable bonds is 7. The summed E-state index contributed by atoms with van der Waals surface area (Å²) in [6, 6.07) is 8.14. The van der Waals surface area contributed by atoms with E-state index in [0.29, 0.717) is 13.2 Å². The fourth-order valence-electron chi connectivity index (χ4n) is 1.14. The van der Waals surface area contributed by atoms with Crippen LogP contribution in [-0.4, -0.2) is 26.2 Å². The van der Waals surface area contributed by atoms with Gasteiger partial charge in [-0.15, -0.1) is 24.8 Å². The molecule has 0 bridgehead atoms. The van der Waals surface area contributed by atoms with E-state index in [4.69, 9.17) is 10.5 Å². The van der Waals surface area contributed by atoms with Gasteiger partial charge in [-0.1, -0.05) is 28.1 Å². The first-order valence-electron chi connectivity index (χ1n) is 5.06. The summed E-state index contributed by atoms with van der Waals surface area (Å²) in [6.07, 6.45) is 0. The van der Waals surface area contributed by atoms with Crippen LogP contribution in [0.5, 0.6) is 0 Å². The zero-order chi connectivity index (χ0) is 10.9. The van der Waals surface area contributed by atoms with Crippen LogP contribution in [-0.2, 0) is 11.3 Å². The van der Waals surface area contributed by atoms with Gasteiger partial charge in [-0.2, -0.15) is 0 Å². The number of hydrogen-bond acceptors (Lipinski definition) is 3. The maximum Gasteiger partial charge on any atom is 0.0717 e. The van der Waals surface area contributed by atoms with Gasteiger partial charge >= 0.3 is 0 Å². The van der Waals surface area contributed by atoms with Crippen LogP contribution in [0, 0.1) is 0 Å². The van der Waals surface area contributed by atoms with Gasteiger partial charge in [0.1, 0.15) is 0 Å². The molecule has 100 valence electrons. The molecule has 0 radical (unpaired) electrons. The van der Waals surface area contributed by atoms with Gasteiger partial charge in [0, 0.05) is 24.1 Å². The molecule has 1 rings (SSSR count). The molecule has 0 saturated heterocycles. The molecule has 17 heavy (non-hydrogen) atoms. The third-order valence-corrected chi connectivity index (χ3v) is 2.45. The van der Waals surface area contributed by atoms with E-state index in [2.05, 4.69) is 33.4 Å². The minimum atomic E-state index is 0. The maximum atomic E-state index is 5.49. The first-order valence-corrected chi connectivity index (χ1v) is 5.85. The summed E-state index contributed by atoms with van der Waals surface area (Å²) in [5.74, 6) is 0. The van der Waals surface area contributed by atoms with E-state index in [1.807, 2.05) is 12.1 Å². The van der Waals surface area contributed by atoms with Crippen molar-refractivity contribution in [2.75, 3.05) is 26.2 Å². The summed E-state index contributed by atoms with van der Waals surface area (Å²) in [4.78, 5) is 0. The van der Waals surface area contributed by atoms with E-state index in [9.17, 15) is 0 Å². The Morgan fingerprint density at radius 3 is 2.35 bits per heavy atom. The second-order valence-corrected chi connectivity index (χ2v) is 4.13. The number of nitrogens with two attached hydrogens (primary N) is 1. The second kappa shape index (κ2) is 12.6. The molecule has 0 atom stereocenters. The van der Waals surface area contributed by atoms with Gasteiger partial charge < -0.3 is 15.8 Å². The van der Waals surface area contributed by atoms with Crippen LogP contribution in [0.4, 0.5) is 0 Å². The van der Waals surface area contributed by atoms with Crippen LogP contribution in [0.15, 0.2) is 28.7 Å². The molecule has 6 heteroatoms. The first-order chi connectivity index (χ1) is 7.33.